The van der Waals surface area contributed by atoms with Crippen molar-refractivity contribution >= 4 is 23.5 Å². The summed E-state index contributed by atoms with van der Waals surface area (Å²) in [4.78, 5) is 26.2. The van der Waals surface area contributed by atoms with Crippen LogP contribution in [-0.2, 0) is 18.6 Å². The summed E-state index contributed by atoms with van der Waals surface area (Å²) in [5, 5.41) is 7.35. The number of rotatable bonds is 4. The summed E-state index contributed by atoms with van der Waals surface area (Å²) in [6.07, 6.45) is 1.66. The number of pyridine rings is 1. The first-order valence-corrected chi connectivity index (χ1v) is 9.96. The van der Waals surface area contributed by atoms with E-state index in [-0.39, 0.29) is 5.56 Å². The van der Waals surface area contributed by atoms with E-state index in [1.807, 2.05) is 12.1 Å². The number of hydrogen-bond donors (Lipinski definition) is 1. The zero-order valence-electron chi connectivity index (χ0n) is 15.9. The highest BCUT2D eigenvalue weighted by atomic mass is 32.2. The molecule has 1 amide bonds. The van der Waals surface area contributed by atoms with Crippen molar-refractivity contribution < 1.29 is 9.53 Å². The van der Waals surface area contributed by atoms with E-state index in [0.29, 0.717) is 22.8 Å². The Hall–Kier alpha value is -3.00. The number of anilines is 1. The van der Waals surface area contributed by atoms with Crippen LogP contribution in [0.15, 0.2) is 41.3 Å². The molecule has 0 saturated heterocycles. The van der Waals surface area contributed by atoms with Gasteiger partial charge in [-0.15, -0.1) is 0 Å². The van der Waals surface area contributed by atoms with Crippen LogP contribution in [0.2, 0.25) is 0 Å². The van der Waals surface area contributed by atoms with Gasteiger partial charge in [0.1, 0.15) is 17.1 Å². The Morgan fingerprint density at radius 2 is 2.04 bits per heavy atom. The van der Waals surface area contributed by atoms with Crippen LogP contribution in [0.25, 0.3) is 5.69 Å². The molecule has 3 heterocycles. The first-order valence-electron chi connectivity index (χ1n) is 8.80. The number of benzene rings is 1. The van der Waals surface area contributed by atoms with Crippen molar-refractivity contribution in [3.8, 4) is 11.4 Å². The van der Waals surface area contributed by atoms with Crippen molar-refractivity contribution in [2.45, 2.75) is 18.4 Å². The second-order valence-corrected chi connectivity index (χ2v) is 7.55. The van der Waals surface area contributed by atoms with Crippen molar-refractivity contribution in [3.05, 3.63) is 69.3 Å². The fourth-order valence-corrected chi connectivity index (χ4v) is 4.42. The predicted molar refractivity (Wildman–Crippen MR) is 109 cm³/mol. The molecule has 0 radical (unpaired) electrons. The highest BCUT2D eigenvalue weighted by Crippen LogP contribution is 2.34. The number of hydrogen-bond acceptors (Lipinski definition) is 5. The van der Waals surface area contributed by atoms with E-state index in [0.717, 1.165) is 22.8 Å². The second-order valence-electron chi connectivity index (χ2n) is 6.57. The molecule has 28 heavy (non-hydrogen) atoms. The normalized spacial score (nSPS) is 12.7. The third-order valence-corrected chi connectivity index (χ3v) is 5.79. The van der Waals surface area contributed by atoms with E-state index in [9.17, 15) is 9.59 Å². The van der Waals surface area contributed by atoms with Gasteiger partial charge in [0.15, 0.2) is 0 Å². The van der Waals surface area contributed by atoms with Crippen molar-refractivity contribution in [1.82, 2.24) is 14.3 Å². The molecule has 7 nitrogen and oxygen atoms in total. The third kappa shape index (κ3) is 2.99. The Balaban J connectivity index is 1.76. The molecule has 144 valence electrons. The molecule has 4 rings (SSSR count). The summed E-state index contributed by atoms with van der Waals surface area (Å²) in [6, 6.07) is 8.96. The SMILES string of the molecule is COc1ccccc1-n1ccc(C)c(C(=O)Nc2c3c(nn2C)CSC3)c1=O. The highest BCUT2D eigenvalue weighted by molar-refractivity contribution is 7.98. The van der Waals surface area contributed by atoms with Crippen LogP contribution in [0.4, 0.5) is 5.82 Å². The molecule has 8 heteroatoms. The van der Waals surface area contributed by atoms with Crippen molar-refractivity contribution in [2.24, 2.45) is 7.05 Å². The number of aryl methyl sites for hydroxylation is 2. The highest BCUT2D eigenvalue weighted by Gasteiger charge is 2.25. The summed E-state index contributed by atoms with van der Waals surface area (Å²) < 4.78 is 8.46. The summed E-state index contributed by atoms with van der Waals surface area (Å²) in [6.45, 7) is 1.76. The Morgan fingerprint density at radius 3 is 2.82 bits per heavy atom. The molecule has 0 fully saturated rings. The van der Waals surface area contributed by atoms with E-state index in [4.69, 9.17) is 4.74 Å². The lowest BCUT2D eigenvalue weighted by Crippen LogP contribution is -2.30. The van der Waals surface area contributed by atoms with Crippen molar-refractivity contribution in [1.29, 1.82) is 0 Å². The molecular weight excluding hydrogens is 376 g/mol. The molecule has 1 aliphatic rings. The molecule has 0 atom stereocenters. The Labute approximate surface area is 166 Å². The largest absolute Gasteiger partial charge is 0.495 e. The number of fused-ring (bicyclic) bond motifs is 1. The van der Waals surface area contributed by atoms with E-state index < -0.39 is 11.5 Å². The van der Waals surface area contributed by atoms with Crippen molar-refractivity contribution in [2.75, 3.05) is 12.4 Å². The van der Waals surface area contributed by atoms with E-state index in [2.05, 4.69) is 10.4 Å². The number of aromatic nitrogens is 3. The fourth-order valence-electron chi connectivity index (χ4n) is 3.39. The average Bonchev–Trinajstić information content (AvgIpc) is 3.24. The van der Waals surface area contributed by atoms with Crippen molar-refractivity contribution in [3.63, 3.8) is 0 Å². The fraction of sp³-hybridized carbons (Fsp3) is 0.250. The lowest BCUT2D eigenvalue weighted by atomic mass is 10.1. The molecule has 1 N–H and O–H groups in total. The first kappa shape index (κ1) is 18.4. The van der Waals surface area contributed by atoms with Gasteiger partial charge in [0, 0.05) is 30.3 Å². The zero-order valence-corrected chi connectivity index (χ0v) is 16.7. The summed E-state index contributed by atoms with van der Waals surface area (Å²) in [5.41, 5.74) is 2.92. The average molecular weight is 396 g/mol. The zero-order chi connectivity index (χ0) is 19.8. The molecule has 0 spiro atoms. The molecule has 1 aromatic carbocycles. The number of carbonyl (C=O) groups is 1. The van der Waals surface area contributed by atoms with Gasteiger partial charge in [0.05, 0.1) is 18.5 Å². The number of ether oxygens (including phenoxy) is 1. The summed E-state index contributed by atoms with van der Waals surface area (Å²) in [5.74, 6) is 2.41. The molecule has 2 aromatic heterocycles. The first-order chi connectivity index (χ1) is 13.5. The van der Waals surface area contributed by atoms with Gasteiger partial charge in [-0.2, -0.15) is 16.9 Å². The molecule has 0 bridgehead atoms. The topological polar surface area (TPSA) is 78.2 Å². The predicted octanol–water partition coefficient (Wildman–Crippen LogP) is 2.89. The van der Waals surface area contributed by atoms with Crippen LogP contribution < -0.4 is 15.6 Å². The van der Waals surface area contributed by atoms with E-state index >= 15 is 0 Å². The number of para-hydroxylation sites is 2. The molecule has 0 aliphatic carbocycles. The minimum atomic E-state index is -0.436. The maximum Gasteiger partial charge on any atom is 0.268 e. The number of carbonyl (C=O) groups excluding carboxylic acids is 1. The Bertz CT molecular complexity index is 1130. The van der Waals surface area contributed by atoms with Gasteiger partial charge < -0.3 is 10.1 Å². The van der Waals surface area contributed by atoms with Gasteiger partial charge in [0.2, 0.25) is 0 Å². The maximum absolute atomic E-state index is 13.2. The van der Waals surface area contributed by atoms with Gasteiger partial charge in [0.25, 0.3) is 11.5 Å². The summed E-state index contributed by atoms with van der Waals surface area (Å²) >= 11 is 1.76. The van der Waals surface area contributed by atoms with Gasteiger partial charge in [-0.05, 0) is 30.7 Å². The molecule has 1 aliphatic heterocycles. The lowest BCUT2D eigenvalue weighted by molar-refractivity contribution is 0.102. The maximum atomic E-state index is 13.2. The van der Waals surface area contributed by atoms with Crippen LogP contribution in [0.5, 0.6) is 5.75 Å². The molecule has 0 unspecified atom stereocenters. The minimum absolute atomic E-state index is 0.106. The van der Waals surface area contributed by atoms with Crippen LogP contribution >= 0.6 is 11.8 Å². The minimum Gasteiger partial charge on any atom is -0.495 e. The number of methoxy groups -OCH3 is 1. The monoisotopic (exact) mass is 396 g/mol. The third-order valence-electron chi connectivity index (χ3n) is 4.82. The Morgan fingerprint density at radius 1 is 1.25 bits per heavy atom. The Kier molecular flexibility index (Phi) is 4.72. The smallest absolute Gasteiger partial charge is 0.268 e. The molecule has 0 saturated carbocycles. The van der Waals surface area contributed by atoms with Crippen LogP contribution in [-0.4, -0.2) is 27.4 Å². The van der Waals surface area contributed by atoms with Gasteiger partial charge in [-0.25, -0.2) is 0 Å². The number of thioether (sulfide) groups is 1. The lowest BCUT2D eigenvalue weighted by Gasteiger charge is -2.14. The number of amides is 1. The van der Waals surface area contributed by atoms with E-state index in [1.165, 1.54) is 4.57 Å². The van der Waals surface area contributed by atoms with Crippen LogP contribution in [0, 0.1) is 6.92 Å². The molecular formula is C20H20N4O3S. The van der Waals surface area contributed by atoms with Crippen LogP contribution in [0.1, 0.15) is 27.2 Å². The standard InChI is InChI=1S/C20H20N4O3S/c1-12-8-9-24(15-6-4-5-7-16(15)27-3)20(26)17(12)19(25)21-18-13-10-28-11-14(13)22-23(18)2/h4-9H,10-11H2,1-3H3,(H,21,25). The molecule has 3 aromatic rings. The second kappa shape index (κ2) is 7.20. The quantitative estimate of drug-likeness (QED) is 0.734. The number of nitrogens with zero attached hydrogens (tertiary/aromatic N) is 3. The van der Waals surface area contributed by atoms with Crippen LogP contribution in [0.3, 0.4) is 0 Å². The summed E-state index contributed by atoms with van der Waals surface area (Å²) in [7, 11) is 3.34. The number of nitrogens with one attached hydrogen (secondary N) is 1. The van der Waals surface area contributed by atoms with Gasteiger partial charge >= 0.3 is 0 Å². The van der Waals surface area contributed by atoms with Gasteiger partial charge in [-0.1, -0.05) is 12.1 Å². The van der Waals surface area contributed by atoms with E-state index in [1.54, 1.807) is 61.9 Å². The van der Waals surface area contributed by atoms with Gasteiger partial charge in [-0.3, -0.25) is 18.8 Å².